The first-order valence-corrected chi connectivity index (χ1v) is 17.9. The number of carbonyl (C=O) groups excluding carboxylic acids is 3. The summed E-state index contributed by atoms with van der Waals surface area (Å²) in [5.74, 6) is 0.112. The molecule has 0 atom stereocenters. The number of amides is 3. The molecular weight excluding hydrogens is 667 g/mol. The number of imidazole rings is 1. The van der Waals surface area contributed by atoms with Crippen molar-refractivity contribution in [2.75, 3.05) is 32.5 Å². The number of hydrogen-bond acceptors (Lipinski definition) is 6. The molecule has 1 aliphatic rings. The van der Waals surface area contributed by atoms with Crippen LogP contribution in [0.5, 0.6) is 5.75 Å². The largest absolute Gasteiger partial charge is 0.444 e. The zero-order valence-electron chi connectivity index (χ0n) is 31.0. The number of nitrogens with one attached hydrogen (secondary N) is 1. The number of carbonyl (C=O) groups is 3. The molecule has 10 nitrogen and oxygen atoms in total. The average molecular weight is 714 g/mol. The Hall–Kier alpha value is -5.90. The normalized spacial score (nSPS) is 14.2. The van der Waals surface area contributed by atoms with Gasteiger partial charge >= 0.3 is 12.2 Å². The maximum Gasteiger partial charge on any atom is 0.414 e. The average Bonchev–Trinajstić information content (AvgIpc) is 3.61. The lowest BCUT2D eigenvalue weighted by Crippen LogP contribution is -2.50. The Bertz CT molecular complexity index is 1920. The van der Waals surface area contributed by atoms with Gasteiger partial charge in [-0.25, -0.2) is 14.6 Å². The molecule has 0 radical (unpaired) electrons. The molecule has 0 saturated carbocycles. The topological polar surface area (TPSA) is 106 Å². The summed E-state index contributed by atoms with van der Waals surface area (Å²) >= 11 is 0. The fraction of sp³-hybridized carbons (Fsp3) is 0.302. The Kier molecular flexibility index (Phi) is 10.7. The number of hydrogen-bond donors (Lipinski definition) is 1. The molecule has 53 heavy (non-hydrogen) atoms. The third kappa shape index (κ3) is 8.12. The maximum absolute atomic E-state index is 14.5. The van der Waals surface area contributed by atoms with E-state index < -0.39 is 28.7 Å². The van der Waals surface area contributed by atoms with E-state index in [1.54, 1.807) is 43.3 Å². The highest BCUT2D eigenvalue weighted by molar-refractivity contribution is 5.96. The number of likely N-dealkylation sites (tertiary alicyclic amines) is 1. The van der Waals surface area contributed by atoms with Gasteiger partial charge in [-0.05, 0) is 62.4 Å². The number of ether oxygens (including phenoxy) is 2. The minimum Gasteiger partial charge on any atom is -0.444 e. The Labute approximate surface area is 311 Å². The molecule has 5 aromatic rings. The van der Waals surface area contributed by atoms with Crippen LogP contribution in [0.1, 0.15) is 56.0 Å². The van der Waals surface area contributed by atoms with Gasteiger partial charge < -0.3 is 29.2 Å². The first kappa shape index (κ1) is 36.9. The van der Waals surface area contributed by atoms with E-state index in [1.165, 1.54) is 4.90 Å². The van der Waals surface area contributed by atoms with E-state index in [4.69, 9.17) is 14.5 Å². The summed E-state index contributed by atoms with van der Waals surface area (Å²) in [6.07, 6.45) is 4.09. The highest BCUT2D eigenvalue weighted by Crippen LogP contribution is 2.42. The van der Waals surface area contributed by atoms with E-state index >= 15 is 0 Å². The Balaban J connectivity index is 1.37. The van der Waals surface area contributed by atoms with Gasteiger partial charge in [-0.1, -0.05) is 97.1 Å². The van der Waals surface area contributed by atoms with Crippen LogP contribution in [0.2, 0.25) is 0 Å². The second kappa shape index (κ2) is 15.4. The van der Waals surface area contributed by atoms with Crippen molar-refractivity contribution in [3.8, 4) is 5.75 Å². The highest BCUT2D eigenvalue weighted by atomic mass is 16.6. The number of benzene rings is 4. The summed E-state index contributed by atoms with van der Waals surface area (Å²) in [5.41, 5.74) is 2.12. The smallest absolute Gasteiger partial charge is 0.414 e. The van der Waals surface area contributed by atoms with Gasteiger partial charge in [0.15, 0.2) is 0 Å². The number of anilines is 1. The van der Waals surface area contributed by atoms with Crippen LogP contribution in [0.25, 0.3) is 0 Å². The fourth-order valence-corrected chi connectivity index (χ4v) is 6.99. The minimum absolute atomic E-state index is 0.201. The fourth-order valence-electron chi connectivity index (χ4n) is 6.99. The lowest BCUT2D eigenvalue weighted by atomic mass is 9.73. The molecule has 0 bridgehead atoms. The SMILES string of the molecule is CN(C)C(=O)Oc1cccc(NC(=O)C2(Cc3cn(C(c4ccccc4)(c4ccccc4)c4ccccc4)cn3)CCN(C(=O)OC(C)(C)C)CC2)c1. The van der Waals surface area contributed by atoms with Gasteiger partial charge in [0.05, 0.1) is 17.4 Å². The zero-order chi connectivity index (χ0) is 37.6. The van der Waals surface area contributed by atoms with Gasteiger partial charge in [0.25, 0.3) is 0 Å². The second-order valence-corrected chi connectivity index (χ2v) is 14.7. The number of piperidine rings is 1. The van der Waals surface area contributed by atoms with Gasteiger partial charge in [-0.15, -0.1) is 0 Å². The van der Waals surface area contributed by atoms with Crippen LogP contribution < -0.4 is 10.1 Å². The van der Waals surface area contributed by atoms with E-state index in [0.717, 1.165) is 22.4 Å². The van der Waals surface area contributed by atoms with Gasteiger partial charge in [-0.3, -0.25) is 4.79 Å². The Morgan fingerprint density at radius 2 is 1.34 bits per heavy atom. The van der Waals surface area contributed by atoms with Crippen molar-refractivity contribution in [1.29, 1.82) is 0 Å². The summed E-state index contributed by atoms with van der Waals surface area (Å²) < 4.78 is 13.3. The van der Waals surface area contributed by atoms with Crippen LogP contribution in [0.3, 0.4) is 0 Å². The van der Waals surface area contributed by atoms with Crippen molar-refractivity contribution >= 4 is 23.8 Å². The van der Waals surface area contributed by atoms with Crippen LogP contribution in [0.4, 0.5) is 15.3 Å². The maximum atomic E-state index is 14.5. The van der Waals surface area contributed by atoms with Gasteiger partial charge in [0.1, 0.15) is 16.9 Å². The molecule has 1 fully saturated rings. The van der Waals surface area contributed by atoms with E-state index in [-0.39, 0.29) is 5.91 Å². The van der Waals surface area contributed by atoms with Gasteiger partial charge in [0, 0.05) is 51.6 Å². The van der Waals surface area contributed by atoms with Crippen LogP contribution in [0.15, 0.2) is 128 Å². The summed E-state index contributed by atoms with van der Waals surface area (Å²) in [7, 11) is 3.21. The quantitative estimate of drug-likeness (QED) is 0.155. The van der Waals surface area contributed by atoms with Crippen molar-refractivity contribution in [3.05, 3.63) is 150 Å². The number of nitrogens with zero attached hydrogens (tertiary/aromatic N) is 4. The van der Waals surface area contributed by atoms with Crippen LogP contribution in [-0.2, 0) is 21.5 Å². The molecule has 1 aliphatic heterocycles. The predicted molar refractivity (Wildman–Crippen MR) is 205 cm³/mol. The van der Waals surface area contributed by atoms with E-state index in [2.05, 4.69) is 46.3 Å². The summed E-state index contributed by atoms with van der Waals surface area (Å²) in [6, 6.07) is 37.9. The molecule has 1 saturated heterocycles. The standard InChI is InChI=1S/C43H47N5O5/c1-41(2,3)53-40(51)47-26-24-42(25-27-47,38(49)45-35-22-15-23-37(28-35)52-39(50)46(4)5)29-36-30-48(31-44-36)43(32-16-9-6-10-17-32,33-18-11-7-12-19-33)34-20-13-8-14-21-34/h6-23,28,30-31H,24-27,29H2,1-5H3,(H,45,49). The second-order valence-electron chi connectivity index (χ2n) is 14.7. The van der Waals surface area contributed by atoms with E-state index in [9.17, 15) is 14.4 Å². The number of rotatable bonds is 9. The zero-order valence-corrected chi connectivity index (χ0v) is 31.0. The Morgan fingerprint density at radius 1 is 0.792 bits per heavy atom. The van der Waals surface area contributed by atoms with Crippen molar-refractivity contribution in [3.63, 3.8) is 0 Å². The molecule has 4 aromatic carbocycles. The van der Waals surface area contributed by atoms with E-state index in [1.807, 2.05) is 87.9 Å². The summed E-state index contributed by atoms with van der Waals surface area (Å²) in [6.45, 7) is 6.20. The molecule has 0 spiro atoms. The van der Waals surface area contributed by atoms with Gasteiger partial charge in [0.2, 0.25) is 5.91 Å². The lowest BCUT2D eigenvalue weighted by Gasteiger charge is -2.40. The molecular formula is C43H47N5O5. The molecule has 0 aliphatic carbocycles. The van der Waals surface area contributed by atoms with Crippen molar-refractivity contribution in [1.82, 2.24) is 19.4 Å². The molecule has 1 aromatic heterocycles. The molecule has 3 amide bonds. The molecule has 1 N–H and O–H groups in total. The van der Waals surface area contributed by atoms with Crippen LogP contribution in [0, 0.1) is 5.41 Å². The summed E-state index contributed by atoms with van der Waals surface area (Å²) in [5, 5.41) is 3.10. The van der Waals surface area contributed by atoms with Crippen LogP contribution >= 0.6 is 0 Å². The molecule has 6 rings (SSSR count). The van der Waals surface area contributed by atoms with Crippen LogP contribution in [-0.4, -0.2) is 70.2 Å². The van der Waals surface area contributed by atoms with Crippen molar-refractivity contribution in [2.45, 2.75) is 51.2 Å². The third-order valence-corrected chi connectivity index (χ3v) is 9.63. The summed E-state index contributed by atoms with van der Waals surface area (Å²) in [4.78, 5) is 47.8. The van der Waals surface area contributed by atoms with Gasteiger partial charge in [-0.2, -0.15) is 0 Å². The highest BCUT2D eigenvalue weighted by Gasteiger charge is 2.45. The lowest BCUT2D eigenvalue weighted by molar-refractivity contribution is -0.128. The molecule has 0 unspecified atom stereocenters. The minimum atomic E-state index is -0.914. The predicted octanol–water partition coefficient (Wildman–Crippen LogP) is 7.98. The Morgan fingerprint density at radius 3 is 1.85 bits per heavy atom. The first-order chi connectivity index (χ1) is 25.4. The number of aromatic nitrogens is 2. The third-order valence-electron chi connectivity index (χ3n) is 9.63. The van der Waals surface area contributed by atoms with Crippen molar-refractivity contribution in [2.24, 2.45) is 5.41 Å². The first-order valence-electron chi connectivity index (χ1n) is 17.9. The monoisotopic (exact) mass is 713 g/mol. The van der Waals surface area contributed by atoms with Crippen molar-refractivity contribution < 1.29 is 23.9 Å². The molecule has 10 heteroatoms. The molecule has 2 heterocycles. The molecule has 274 valence electrons. The van der Waals surface area contributed by atoms with E-state index in [0.29, 0.717) is 43.8 Å².